The van der Waals surface area contributed by atoms with Gasteiger partial charge in [-0.25, -0.2) is 4.39 Å². The number of carboxylic acids is 1. The molecule has 0 fully saturated rings. The molecule has 0 aliphatic carbocycles. The van der Waals surface area contributed by atoms with Crippen LogP contribution in [0.1, 0.15) is 29.5 Å². The second-order valence-corrected chi connectivity index (χ2v) is 7.60. The van der Waals surface area contributed by atoms with Gasteiger partial charge in [-0.05, 0) is 29.7 Å². The van der Waals surface area contributed by atoms with Crippen molar-refractivity contribution >= 4 is 17.7 Å². The van der Waals surface area contributed by atoms with Crippen molar-refractivity contribution in [3.63, 3.8) is 0 Å². The smallest absolute Gasteiger partial charge is 0.303 e. The molecule has 1 aromatic carbocycles. The van der Waals surface area contributed by atoms with E-state index in [4.69, 9.17) is 5.11 Å². The minimum Gasteiger partial charge on any atom is -0.481 e. The van der Waals surface area contributed by atoms with Gasteiger partial charge in [0.25, 0.3) is 5.56 Å². The summed E-state index contributed by atoms with van der Waals surface area (Å²) in [6, 6.07) is 6.15. The second-order valence-electron chi connectivity index (χ2n) is 6.66. The second kappa shape index (κ2) is 9.51. The van der Waals surface area contributed by atoms with Gasteiger partial charge in [-0.1, -0.05) is 23.9 Å². The summed E-state index contributed by atoms with van der Waals surface area (Å²) < 4.78 is 16.6. The molecule has 9 heteroatoms. The maximum atomic E-state index is 13.1. The molecule has 29 heavy (non-hydrogen) atoms. The zero-order chi connectivity index (χ0) is 20.8. The molecule has 152 valence electrons. The number of carboxylic acid groups (broad SMARTS) is 1. The van der Waals surface area contributed by atoms with E-state index in [-0.39, 0.29) is 17.8 Å². The van der Waals surface area contributed by atoms with Crippen molar-refractivity contribution in [2.75, 3.05) is 0 Å². The van der Waals surface area contributed by atoms with Crippen molar-refractivity contribution in [3.8, 4) is 0 Å². The fraction of sp³-hybridized carbons (Fsp3) is 0.300. The molecule has 0 radical (unpaired) electrons. The van der Waals surface area contributed by atoms with Crippen molar-refractivity contribution < 1.29 is 14.3 Å². The van der Waals surface area contributed by atoms with E-state index >= 15 is 0 Å². The number of halogens is 1. The van der Waals surface area contributed by atoms with Gasteiger partial charge in [-0.15, -0.1) is 0 Å². The largest absolute Gasteiger partial charge is 0.481 e. The summed E-state index contributed by atoms with van der Waals surface area (Å²) in [4.78, 5) is 27.6. The summed E-state index contributed by atoms with van der Waals surface area (Å²) in [6.45, 7) is 0.436. The molecule has 2 heterocycles. The Morgan fingerprint density at radius 3 is 2.62 bits per heavy atom. The van der Waals surface area contributed by atoms with Crippen LogP contribution >= 0.6 is 11.8 Å². The lowest BCUT2D eigenvalue weighted by Crippen LogP contribution is -2.20. The van der Waals surface area contributed by atoms with Crippen molar-refractivity contribution in [2.45, 2.75) is 36.7 Å². The SMILES string of the molecule is Cn1cc(Cc2cn(CCCC(=O)O)c(SCc3ccc(F)cc3)nc2=O)cn1. The molecule has 3 rings (SSSR count). The molecule has 0 saturated carbocycles. The molecule has 0 atom stereocenters. The van der Waals surface area contributed by atoms with Crippen LogP contribution in [0.15, 0.2) is 52.8 Å². The van der Waals surface area contributed by atoms with E-state index in [2.05, 4.69) is 10.1 Å². The van der Waals surface area contributed by atoms with Gasteiger partial charge in [-0.3, -0.25) is 14.3 Å². The van der Waals surface area contributed by atoms with Crippen LogP contribution in [0.2, 0.25) is 0 Å². The predicted molar refractivity (Wildman–Crippen MR) is 107 cm³/mol. The fourth-order valence-corrected chi connectivity index (χ4v) is 3.78. The Morgan fingerprint density at radius 2 is 1.97 bits per heavy atom. The first-order valence-electron chi connectivity index (χ1n) is 9.07. The van der Waals surface area contributed by atoms with Crippen LogP contribution in [0.3, 0.4) is 0 Å². The van der Waals surface area contributed by atoms with Gasteiger partial charge in [0.05, 0.1) is 6.20 Å². The Kier molecular flexibility index (Phi) is 6.82. The number of hydrogen-bond donors (Lipinski definition) is 1. The van der Waals surface area contributed by atoms with Gasteiger partial charge in [0.2, 0.25) is 0 Å². The lowest BCUT2D eigenvalue weighted by Gasteiger charge is -2.13. The summed E-state index contributed by atoms with van der Waals surface area (Å²) in [5, 5.41) is 13.5. The molecule has 0 saturated heterocycles. The quantitative estimate of drug-likeness (QED) is 0.426. The number of aromatic nitrogens is 4. The topological polar surface area (TPSA) is 90.0 Å². The van der Waals surface area contributed by atoms with Crippen LogP contribution in [0.5, 0.6) is 0 Å². The van der Waals surface area contributed by atoms with Crippen LogP contribution in [-0.2, 0) is 30.6 Å². The Balaban J connectivity index is 1.82. The van der Waals surface area contributed by atoms with Gasteiger partial charge >= 0.3 is 5.97 Å². The first-order valence-corrected chi connectivity index (χ1v) is 10.1. The van der Waals surface area contributed by atoms with Gasteiger partial charge in [0, 0.05) is 50.1 Å². The normalized spacial score (nSPS) is 11.0. The van der Waals surface area contributed by atoms with Gasteiger partial charge in [0.15, 0.2) is 5.16 Å². The van der Waals surface area contributed by atoms with Crippen molar-refractivity contribution in [2.24, 2.45) is 7.05 Å². The maximum Gasteiger partial charge on any atom is 0.303 e. The van der Waals surface area contributed by atoms with E-state index < -0.39 is 5.97 Å². The lowest BCUT2D eigenvalue weighted by molar-refractivity contribution is -0.137. The number of hydrogen-bond acceptors (Lipinski definition) is 5. The Hall–Kier alpha value is -2.94. The molecule has 0 bridgehead atoms. The van der Waals surface area contributed by atoms with E-state index in [1.165, 1.54) is 23.9 Å². The number of nitrogens with zero attached hydrogens (tertiary/aromatic N) is 4. The highest BCUT2D eigenvalue weighted by Gasteiger charge is 2.12. The molecule has 0 amide bonds. The number of thioether (sulfide) groups is 1. The van der Waals surface area contributed by atoms with Gasteiger partial charge in [-0.2, -0.15) is 10.1 Å². The van der Waals surface area contributed by atoms with Gasteiger partial charge in [0.1, 0.15) is 5.82 Å². The number of aryl methyl sites for hydroxylation is 2. The summed E-state index contributed by atoms with van der Waals surface area (Å²) in [5.74, 6) is -0.648. The molecule has 0 aliphatic heterocycles. The number of aliphatic carboxylic acids is 1. The average Bonchev–Trinajstić information content (AvgIpc) is 3.08. The van der Waals surface area contributed by atoms with E-state index in [0.29, 0.717) is 35.9 Å². The minimum absolute atomic E-state index is 0.0339. The van der Waals surface area contributed by atoms with Crippen molar-refractivity contribution in [1.29, 1.82) is 0 Å². The van der Waals surface area contributed by atoms with E-state index in [1.54, 1.807) is 36.3 Å². The fourth-order valence-electron chi connectivity index (χ4n) is 2.83. The number of benzene rings is 1. The zero-order valence-electron chi connectivity index (χ0n) is 15.9. The first-order chi connectivity index (χ1) is 13.9. The van der Waals surface area contributed by atoms with Gasteiger partial charge < -0.3 is 9.67 Å². The third-order valence-corrected chi connectivity index (χ3v) is 5.31. The van der Waals surface area contributed by atoms with E-state index in [9.17, 15) is 14.0 Å². The third-order valence-electron chi connectivity index (χ3n) is 4.25. The summed E-state index contributed by atoms with van der Waals surface area (Å²) in [6.07, 6.45) is 6.15. The zero-order valence-corrected chi connectivity index (χ0v) is 16.7. The monoisotopic (exact) mass is 416 g/mol. The summed E-state index contributed by atoms with van der Waals surface area (Å²) >= 11 is 1.36. The molecular formula is C20H21FN4O3S. The molecule has 7 nitrogen and oxygen atoms in total. The Morgan fingerprint density at radius 1 is 1.21 bits per heavy atom. The summed E-state index contributed by atoms with van der Waals surface area (Å²) in [5.41, 5.74) is 2.02. The number of carbonyl (C=O) groups is 1. The van der Waals surface area contributed by atoms with Crippen molar-refractivity contribution in [3.05, 3.63) is 75.7 Å². The van der Waals surface area contributed by atoms with Crippen LogP contribution in [-0.4, -0.2) is 30.4 Å². The Labute approximate surface area is 171 Å². The lowest BCUT2D eigenvalue weighted by atomic mass is 10.1. The molecule has 2 aromatic heterocycles. The maximum absolute atomic E-state index is 13.1. The van der Waals surface area contributed by atoms with Crippen LogP contribution in [0, 0.1) is 5.82 Å². The highest BCUT2D eigenvalue weighted by molar-refractivity contribution is 7.98. The van der Waals surface area contributed by atoms with Crippen LogP contribution in [0.25, 0.3) is 0 Å². The minimum atomic E-state index is -0.866. The third kappa shape index (κ3) is 6.02. The molecule has 0 spiro atoms. The molecular weight excluding hydrogens is 395 g/mol. The molecule has 3 aromatic rings. The first kappa shape index (κ1) is 20.8. The number of rotatable bonds is 9. The highest BCUT2D eigenvalue weighted by Crippen LogP contribution is 2.21. The Bertz CT molecular complexity index is 1050. The predicted octanol–water partition coefficient (Wildman–Crippen LogP) is 2.86. The van der Waals surface area contributed by atoms with Crippen molar-refractivity contribution in [1.82, 2.24) is 19.3 Å². The average molecular weight is 416 g/mol. The van der Waals surface area contributed by atoms with Crippen LogP contribution in [0.4, 0.5) is 4.39 Å². The summed E-state index contributed by atoms with van der Waals surface area (Å²) in [7, 11) is 1.81. The van der Waals surface area contributed by atoms with E-state index in [1.807, 2.05) is 10.8 Å². The van der Waals surface area contributed by atoms with Crippen LogP contribution < -0.4 is 5.56 Å². The molecule has 1 N–H and O–H groups in total. The van der Waals surface area contributed by atoms with E-state index in [0.717, 1.165) is 11.1 Å². The molecule has 0 aliphatic rings. The molecule has 0 unspecified atom stereocenters. The highest BCUT2D eigenvalue weighted by atomic mass is 32.2. The standard InChI is InChI=1S/C20H21FN4O3S/c1-24-11-15(10-22-24)9-16-12-25(8-2-3-18(26)27)20(23-19(16)28)29-13-14-4-6-17(21)7-5-14/h4-7,10-12H,2-3,8-9,13H2,1H3,(H,26,27).